The van der Waals surface area contributed by atoms with E-state index in [1.165, 1.54) is 0 Å². The molecule has 11 heteroatoms. The third-order valence-corrected chi connectivity index (χ3v) is 7.56. The summed E-state index contributed by atoms with van der Waals surface area (Å²) in [5, 5.41) is 3.47. The van der Waals surface area contributed by atoms with E-state index in [9.17, 15) is 26.7 Å². The maximum atomic E-state index is 14.1. The van der Waals surface area contributed by atoms with Crippen molar-refractivity contribution in [1.82, 2.24) is 10.2 Å². The minimum Gasteiger partial charge on any atom is -0.492 e. The van der Waals surface area contributed by atoms with Crippen LogP contribution in [0.4, 0.5) is 22.0 Å². The summed E-state index contributed by atoms with van der Waals surface area (Å²) in [5.41, 5.74) is 0.873. The Bertz CT molecular complexity index is 1390. The summed E-state index contributed by atoms with van der Waals surface area (Å²) in [7, 11) is 0. The summed E-state index contributed by atoms with van der Waals surface area (Å²) in [6.45, 7) is 4.56. The number of nitrogens with one attached hydrogen (secondary N) is 1. The lowest BCUT2D eigenvalue weighted by atomic mass is 10.1. The average Bonchev–Trinajstić information content (AvgIpc) is 3.41. The van der Waals surface area contributed by atoms with Crippen molar-refractivity contribution in [2.45, 2.75) is 32.0 Å². The first-order chi connectivity index (χ1) is 20.2. The van der Waals surface area contributed by atoms with Gasteiger partial charge in [0.05, 0.1) is 6.61 Å². The minimum atomic E-state index is -1.18. The van der Waals surface area contributed by atoms with Crippen LogP contribution in [-0.4, -0.2) is 55.9 Å². The van der Waals surface area contributed by atoms with E-state index < -0.39 is 41.2 Å². The molecule has 0 radical (unpaired) electrons. The van der Waals surface area contributed by atoms with Crippen molar-refractivity contribution in [1.29, 1.82) is 0 Å². The number of halogens is 5. The van der Waals surface area contributed by atoms with E-state index in [-0.39, 0.29) is 30.9 Å². The molecular formula is C31H31F5N2O4. The van der Waals surface area contributed by atoms with E-state index in [2.05, 4.69) is 5.32 Å². The van der Waals surface area contributed by atoms with Crippen LogP contribution >= 0.6 is 0 Å². The van der Waals surface area contributed by atoms with Crippen LogP contribution in [0, 0.1) is 40.9 Å². The van der Waals surface area contributed by atoms with Crippen LogP contribution in [0.2, 0.25) is 0 Å². The fraction of sp³-hybridized carbons (Fsp3) is 0.387. The normalized spacial score (nSPS) is 20.2. The molecule has 0 spiro atoms. The Labute approximate surface area is 240 Å². The Balaban J connectivity index is 1.04. The summed E-state index contributed by atoms with van der Waals surface area (Å²) >= 11 is 0. The second-order valence-corrected chi connectivity index (χ2v) is 10.5. The van der Waals surface area contributed by atoms with E-state index in [1.54, 1.807) is 31.2 Å². The highest BCUT2D eigenvalue weighted by Gasteiger charge is 2.55. The van der Waals surface area contributed by atoms with E-state index in [0.717, 1.165) is 37.4 Å². The molecule has 2 fully saturated rings. The zero-order chi connectivity index (χ0) is 29.8. The van der Waals surface area contributed by atoms with Gasteiger partial charge in [-0.1, -0.05) is 12.1 Å². The van der Waals surface area contributed by atoms with Crippen LogP contribution < -0.4 is 14.8 Å². The lowest BCUT2D eigenvalue weighted by molar-refractivity contribution is -0.151. The summed E-state index contributed by atoms with van der Waals surface area (Å²) < 4.78 is 84.6. The molecule has 3 aromatic carbocycles. The predicted octanol–water partition coefficient (Wildman–Crippen LogP) is 5.03. The Morgan fingerprint density at radius 3 is 2.36 bits per heavy atom. The zero-order valence-corrected chi connectivity index (χ0v) is 22.9. The molecule has 1 aliphatic carbocycles. The van der Waals surface area contributed by atoms with Crippen molar-refractivity contribution in [2.24, 2.45) is 11.8 Å². The molecule has 2 aliphatic rings. The molecule has 1 heterocycles. The molecule has 6 nitrogen and oxygen atoms in total. The molecule has 1 unspecified atom stereocenters. The average molecular weight is 591 g/mol. The van der Waals surface area contributed by atoms with Gasteiger partial charge in [0.2, 0.25) is 0 Å². The quantitative estimate of drug-likeness (QED) is 0.130. The van der Waals surface area contributed by atoms with Crippen LogP contribution in [0.25, 0.3) is 0 Å². The molecule has 1 N–H and O–H groups in total. The van der Waals surface area contributed by atoms with E-state index in [0.29, 0.717) is 48.4 Å². The molecular weight excluding hydrogens is 559 g/mol. The number of carbonyl (C=O) groups excluding carboxylic acids is 1. The fourth-order valence-corrected chi connectivity index (χ4v) is 5.43. The van der Waals surface area contributed by atoms with Crippen LogP contribution in [0.3, 0.4) is 0 Å². The molecule has 0 aromatic heterocycles. The number of esters is 1. The van der Waals surface area contributed by atoms with Crippen molar-refractivity contribution in [3.05, 3.63) is 94.8 Å². The van der Waals surface area contributed by atoms with Crippen molar-refractivity contribution in [2.75, 3.05) is 32.8 Å². The molecule has 0 bridgehead atoms. The highest BCUT2D eigenvalue weighted by Crippen LogP contribution is 2.45. The van der Waals surface area contributed by atoms with Crippen molar-refractivity contribution in [3.63, 3.8) is 0 Å². The van der Waals surface area contributed by atoms with Gasteiger partial charge in [-0.15, -0.1) is 0 Å². The number of carbonyl (C=O) groups is 1. The summed E-state index contributed by atoms with van der Waals surface area (Å²) in [5.74, 6) is -4.02. The maximum absolute atomic E-state index is 14.1. The molecule has 42 heavy (non-hydrogen) atoms. The van der Waals surface area contributed by atoms with Gasteiger partial charge in [0, 0.05) is 56.3 Å². The van der Waals surface area contributed by atoms with Gasteiger partial charge in [-0.25, -0.2) is 26.7 Å². The molecule has 1 aliphatic heterocycles. The van der Waals surface area contributed by atoms with Gasteiger partial charge in [-0.3, -0.25) is 4.90 Å². The number of rotatable bonds is 13. The van der Waals surface area contributed by atoms with E-state index in [1.807, 2.05) is 4.90 Å². The van der Waals surface area contributed by atoms with Gasteiger partial charge in [-0.2, -0.15) is 0 Å². The smallest absolute Gasteiger partial charge is 0.347 e. The van der Waals surface area contributed by atoms with Crippen molar-refractivity contribution in [3.8, 4) is 11.5 Å². The second kappa shape index (κ2) is 13.1. The molecule has 5 rings (SSSR count). The third kappa shape index (κ3) is 7.19. The number of benzene rings is 3. The first-order valence-corrected chi connectivity index (χ1v) is 13.8. The van der Waals surface area contributed by atoms with Crippen LogP contribution in [0.15, 0.2) is 54.6 Å². The van der Waals surface area contributed by atoms with E-state index in [4.69, 9.17) is 14.2 Å². The SMILES string of the molecule is CCOC(=O)[C@H](Cc1ccc(OCCN[C@H]2C3CN(Cc4cc(F)c(F)cc4F)C[C@@H]32)cc1)Oc1cc(F)ccc1F. The number of nitrogens with zero attached hydrogens (tertiary/aromatic N) is 1. The molecule has 1 saturated heterocycles. The number of likely N-dealkylation sites (tertiary alicyclic amines) is 1. The number of piperidine rings is 1. The summed E-state index contributed by atoms with van der Waals surface area (Å²) in [6.07, 6.45) is -1.08. The van der Waals surface area contributed by atoms with Crippen molar-refractivity contribution < 1.29 is 41.0 Å². The predicted molar refractivity (Wildman–Crippen MR) is 143 cm³/mol. The lowest BCUT2D eigenvalue weighted by Gasteiger charge is -2.20. The summed E-state index contributed by atoms with van der Waals surface area (Å²) in [6, 6.07) is 11.7. The van der Waals surface area contributed by atoms with Gasteiger partial charge < -0.3 is 19.5 Å². The largest absolute Gasteiger partial charge is 0.492 e. The van der Waals surface area contributed by atoms with Gasteiger partial charge >= 0.3 is 5.97 Å². The number of ether oxygens (including phenoxy) is 3. The monoisotopic (exact) mass is 590 g/mol. The van der Waals surface area contributed by atoms with Gasteiger partial charge in [0.25, 0.3) is 0 Å². The Morgan fingerprint density at radius 1 is 0.929 bits per heavy atom. The second-order valence-electron chi connectivity index (χ2n) is 10.5. The van der Waals surface area contributed by atoms with Crippen LogP contribution in [0.5, 0.6) is 11.5 Å². The first-order valence-electron chi connectivity index (χ1n) is 13.8. The van der Waals surface area contributed by atoms with Gasteiger partial charge in [0.1, 0.15) is 24.0 Å². The highest BCUT2D eigenvalue weighted by atomic mass is 19.2. The third-order valence-electron chi connectivity index (χ3n) is 7.56. The van der Waals surface area contributed by atoms with Crippen LogP contribution in [-0.2, 0) is 22.5 Å². The molecule has 1 saturated carbocycles. The standard InChI is InChI=1S/C31H31F5N2O4/c1-2-40-31(39)29(42-28-13-20(32)5-8-24(28)33)11-18-3-6-21(7-4-18)41-10-9-37-30-22-16-38(17-23(22)30)15-19-12-26(35)27(36)14-25(19)34/h3-8,12-14,22-23,29-30,37H,2,9-11,15-17H2,1H3/t22-,23?,29-,30+/m0/s1. The number of fused-ring (bicyclic) bond motifs is 1. The summed E-state index contributed by atoms with van der Waals surface area (Å²) in [4.78, 5) is 14.5. The number of hydrogen-bond acceptors (Lipinski definition) is 6. The lowest BCUT2D eigenvalue weighted by Crippen LogP contribution is -2.33. The number of hydrogen-bond donors (Lipinski definition) is 1. The topological polar surface area (TPSA) is 60.0 Å². The Morgan fingerprint density at radius 2 is 1.64 bits per heavy atom. The molecule has 224 valence electrons. The van der Waals surface area contributed by atoms with Crippen LogP contribution in [0.1, 0.15) is 18.1 Å². The van der Waals surface area contributed by atoms with E-state index >= 15 is 0 Å². The fourth-order valence-electron chi connectivity index (χ4n) is 5.43. The van der Waals surface area contributed by atoms with Crippen molar-refractivity contribution >= 4 is 5.97 Å². The minimum absolute atomic E-state index is 0.0842. The van der Waals surface area contributed by atoms with Gasteiger partial charge in [0.15, 0.2) is 29.3 Å². The van der Waals surface area contributed by atoms with Gasteiger partial charge in [-0.05, 0) is 54.7 Å². The first kappa shape index (κ1) is 29.8. The molecule has 4 atom stereocenters. The molecule has 0 amide bonds. The highest BCUT2D eigenvalue weighted by molar-refractivity contribution is 5.75. The molecule has 3 aromatic rings. The Kier molecular flexibility index (Phi) is 9.27. The zero-order valence-electron chi connectivity index (χ0n) is 22.9. The maximum Gasteiger partial charge on any atom is 0.347 e. The Hall–Kier alpha value is -3.70.